The molecule has 0 spiro atoms. The Hall–Kier alpha value is -3.00. The van der Waals surface area contributed by atoms with Crippen LogP contribution in [0.5, 0.6) is 0 Å². The maximum Gasteiger partial charge on any atom is 0.319 e. The van der Waals surface area contributed by atoms with Crippen molar-refractivity contribution in [1.82, 2.24) is 5.32 Å². The second kappa shape index (κ2) is 8.20. The van der Waals surface area contributed by atoms with E-state index < -0.39 is 0 Å². The molecule has 2 aromatic rings. The molecule has 0 aromatic heterocycles. The molecule has 2 amide bonds. The van der Waals surface area contributed by atoms with E-state index in [0.29, 0.717) is 11.6 Å². The van der Waals surface area contributed by atoms with Crippen LogP contribution in [0.4, 0.5) is 21.9 Å². The smallest absolute Gasteiger partial charge is 0.319 e. The van der Waals surface area contributed by atoms with Gasteiger partial charge in [-0.05, 0) is 61.4 Å². The van der Waals surface area contributed by atoms with E-state index in [2.05, 4.69) is 22.0 Å². The summed E-state index contributed by atoms with van der Waals surface area (Å²) in [6.45, 7) is 0. The zero-order valence-corrected chi connectivity index (χ0v) is 14.1. The molecule has 0 saturated heterocycles. The monoisotopic (exact) mass is 334 g/mol. The van der Waals surface area contributed by atoms with Gasteiger partial charge in [0.1, 0.15) is 0 Å². The van der Waals surface area contributed by atoms with Crippen molar-refractivity contribution in [3.8, 4) is 6.07 Å². The average Bonchev–Trinajstić information content (AvgIpc) is 2.65. The summed E-state index contributed by atoms with van der Waals surface area (Å²) >= 11 is 0. The van der Waals surface area contributed by atoms with E-state index >= 15 is 0 Å². The van der Waals surface area contributed by atoms with Gasteiger partial charge in [0, 0.05) is 23.1 Å². The van der Waals surface area contributed by atoms with Crippen LogP contribution in [-0.4, -0.2) is 12.1 Å². The number of urea groups is 1. The van der Waals surface area contributed by atoms with Crippen molar-refractivity contribution in [2.24, 2.45) is 0 Å². The lowest BCUT2D eigenvalue weighted by atomic mass is 9.96. The molecule has 1 fully saturated rings. The fourth-order valence-corrected chi connectivity index (χ4v) is 3.03. The topological polar surface area (TPSA) is 77.0 Å². The van der Waals surface area contributed by atoms with Crippen LogP contribution < -0.4 is 16.0 Å². The van der Waals surface area contributed by atoms with E-state index in [9.17, 15) is 4.79 Å². The first kappa shape index (κ1) is 16.8. The molecule has 3 N–H and O–H groups in total. The normalized spacial score (nSPS) is 14.4. The molecule has 5 nitrogen and oxygen atoms in total. The Morgan fingerprint density at radius 3 is 2.04 bits per heavy atom. The van der Waals surface area contributed by atoms with Crippen molar-refractivity contribution >= 4 is 23.1 Å². The number of nitrogens with one attached hydrogen (secondary N) is 3. The molecule has 1 aliphatic carbocycles. The van der Waals surface area contributed by atoms with Crippen molar-refractivity contribution in [2.45, 2.75) is 38.1 Å². The van der Waals surface area contributed by atoms with Crippen LogP contribution in [0.2, 0.25) is 0 Å². The van der Waals surface area contributed by atoms with E-state index in [1.54, 1.807) is 12.1 Å². The molecule has 1 saturated carbocycles. The van der Waals surface area contributed by atoms with Crippen LogP contribution >= 0.6 is 0 Å². The van der Waals surface area contributed by atoms with Gasteiger partial charge >= 0.3 is 6.03 Å². The van der Waals surface area contributed by atoms with Gasteiger partial charge in [-0.15, -0.1) is 0 Å². The Bertz CT molecular complexity index is 741. The quantitative estimate of drug-likeness (QED) is 0.754. The molecule has 0 radical (unpaired) electrons. The van der Waals surface area contributed by atoms with Gasteiger partial charge in [0.2, 0.25) is 0 Å². The van der Waals surface area contributed by atoms with Crippen LogP contribution in [0.3, 0.4) is 0 Å². The number of nitrogens with zero attached hydrogens (tertiary/aromatic N) is 1. The second-order valence-corrected chi connectivity index (χ2v) is 6.32. The van der Waals surface area contributed by atoms with Gasteiger partial charge in [-0.1, -0.05) is 19.3 Å². The van der Waals surface area contributed by atoms with Crippen LogP contribution in [0.15, 0.2) is 48.5 Å². The van der Waals surface area contributed by atoms with Crippen LogP contribution in [0.25, 0.3) is 0 Å². The first-order valence-corrected chi connectivity index (χ1v) is 8.68. The fourth-order valence-electron chi connectivity index (χ4n) is 3.03. The first-order valence-electron chi connectivity index (χ1n) is 8.68. The van der Waals surface area contributed by atoms with Gasteiger partial charge in [-0.3, -0.25) is 0 Å². The lowest BCUT2D eigenvalue weighted by Crippen LogP contribution is -2.38. The fraction of sp³-hybridized carbons (Fsp3) is 0.300. The predicted molar refractivity (Wildman–Crippen MR) is 99.9 cm³/mol. The van der Waals surface area contributed by atoms with Gasteiger partial charge in [0.25, 0.3) is 0 Å². The zero-order chi connectivity index (χ0) is 17.5. The molecule has 5 heteroatoms. The molecule has 2 aromatic carbocycles. The number of hydrogen-bond acceptors (Lipinski definition) is 3. The minimum absolute atomic E-state index is 0.139. The van der Waals surface area contributed by atoms with Crippen molar-refractivity contribution in [2.75, 3.05) is 10.6 Å². The minimum atomic E-state index is -0.139. The summed E-state index contributed by atoms with van der Waals surface area (Å²) in [5, 5.41) is 18.0. The molecule has 0 unspecified atom stereocenters. The molecule has 0 aliphatic heterocycles. The summed E-state index contributed by atoms with van der Waals surface area (Å²) < 4.78 is 0. The number of amides is 2. The number of anilines is 3. The Kier molecular flexibility index (Phi) is 5.53. The Labute approximate surface area is 148 Å². The maximum absolute atomic E-state index is 12.1. The van der Waals surface area contributed by atoms with Crippen LogP contribution in [0, 0.1) is 11.3 Å². The van der Waals surface area contributed by atoms with Gasteiger partial charge in [-0.25, -0.2) is 4.79 Å². The summed E-state index contributed by atoms with van der Waals surface area (Å²) in [5.74, 6) is 0. The van der Waals surface area contributed by atoms with Crippen LogP contribution in [0.1, 0.15) is 37.7 Å². The highest BCUT2D eigenvalue weighted by molar-refractivity contribution is 5.89. The summed E-state index contributed by atoms with van der Waals surface area (Å²) in [6.07, 6.45) is 5.80. The van der Waals surface area contributed by atoms with Gasteiger partial charge < -0.3 is 16.0 Å². The molecular weight excluding hydrogens is 312 g/mol. The zero-order valence-electron chi connectivity index (χ0n) is 14.1. The van der Waals surface area contributed by atoms with E-state index in [0.717, 1.165) is 29.9 Å². The standard InChI is InChI=1S/C20H22N4O/c21-14-15-6-8-17(9-7-15)22-18-10-12-19(13-11-18)24-20(25)23-16-4-2-1-3-5-16/h6-13,16,22H,1-5H2,(H2,23,24,25). The highest BCUT2D eigenvalue weighted by Gasteiger charge is 2.15. The van der Waals surface area contributed by atoms with Gasteiger partial charge in [0.05, 0.1) is 11.6 Å². The molecule has 128 valence electrons. The minimum Gasteiger partial charge on any atom is -0.356 e. The number of hydrogen-bond donors (Lipinski definition) is 3. The SMILES string of the molecule is N#Cc1ccc(Nc2ccc(NC(=O)NC3CCCCC3)cc2)cc1. The lowest BCUT2D eigenvalue weighted by molar-refractivity contribution is 0.244. The third-order valence-corrected chi connectivity index (χ3v) is 4.39. The molecule has 0 bridgehead atoms. The molecule has 25 heavy (non-hydrogen) atoms. The number of carbonyl (C=O) groups excluding carboxylic acids is 1. The largest absolute Gasteiger partial charge is 0.356 e. The number of benzene rings is 2. The third-order valence-electron chi connectivity index (χ3n) is 4.39. The molecular formula is C20H22N4O. The van der Waals surface area contributed by atoms with E-state index in [-0.39, 0.29) is 6.03 Å². The molecule has 3 rings (SSSR count). The molecule has 0 atom stereocenters. The Morgan fingerprint density at radius 1 is 0.880 bits per heavy atom. The average molecular weight is 334 g/mol. The molecule has 1 aliphatic rings. The van der Waals surface area contributed by atoms with Crippen LogP contribution in [-0.2, 0) is 0 Å². The Balaban J connectivity index is 1.52. The molecule has 0 heterocycles. The van der Waals surface area contributed by atoms with Crippen molar-refractivity contribution in [3.63, 3.8) is 0 Å². The Morgan fingerprint density at radius 2 is 1.44 bits per heavy atom. The van der Waals surface area contributed by atoms with E-state index in [1.165, 1.54) is 19.3 Å². The second-order valence-electron chi connectivity index (χ2n) is 6.32. The maximum atomic E-state index is 12.1. The number of nitriles is 1. The van der Waals surface area contributed by atoms with Crippen molar-refractivity contribution in [3.05, 3.63) is 54.1 Å². The van der Waals surface area contributed by atoms with E-state index in [1.807, 2.05) is 36.4 Å². The first-order chi connectivity index (χ1) is 12.2. The summed E-state index contributed by atoms with van der Waals surface area (Å²) in [6, 6.07) is 17.1. The number of rotatable bonds is 4. The number of carbonyl (C=O) groups is 1. The summed E-state index contributed by atoms with van der Waals surface area (Å²) in [7, 11) is 0. The van der Waals surface area contributed by atoms with Gasteiger partial charge in [0.15, 0.2) is 0 Å². The summed E-state index contributed by atoms with van der Waals surface area (Å²) in [5.41, 5.74) is 3.23. The highest BCUT2D eigenvalue weighted by Crippen LogP contribution is 2.20. The van der Waals surface area contributed by atoms with Crippen molar-refractivity contribution < 1.29 is 4.79 Å². The summed E-state index contributed by atoms with van der Waals surface area (Å²) in [4.78, 5) is 12.1. The highest BCUT2D eigenvalue weighted by atomic mass is 16.2. The predicted octanol–water partition coefficient (Wildman–Crippen LogP) is 4.76. The van der Waals surface area contributed by atoms with E-state index in [4.69, 9.17) is 5.26 Å². The van der Waals surface area contributed by atoms with Gasteiger partial charge in [-0.2, -0.15) is 5.26 Å². The third kappa shape index (κ3) is 4.98. The van der Waals surface area contributed by atoms with Crippen molar-refractivity contribution in [1.29, 1.82) is 5.26 Å². The lowest BCUT2D eigenvalue weighted by Gasteiger charge is -2.22.